The highest BCUT2D eigenvalue weighted by Gasteiger charge is 2.11. The Kier molecular flexibility index (Phi) is 2.04. The van der Waals surface area contributed by atoms with Crippen molar-refractivity contribution in [2.24, 2.45) is 16.8 Å². The minimum absolute atomic E-state index is 0.676. The molecule has 0 N–H and O–H groups in total. The van der Waals surface area contributed by atoms with E-state index in [1.54, 1.807) is 0 Å². The molecule has 2 unspecified atom stereocenters. The van der Waals surface area contributed by atoms with E-state index in [1.807, 2.05) is 12.4 Å². The topological polar surface area (TPSA) is 12.4 Å². The molecule has 9 heavy (non-hydrogen) atoms. The molecule has 1 rings (SSSR count). The lowest BCUT2D eigenvalue weighted by Crippen LogP contribution is -2.11. The highest BCUT2D eigenvalue weighted by atomic mass is 14.7. The molecule has 1 aliphatic heterocycles. The Balaban J connectivity index is 2.55. The van der Waals surface area contributed by atoms with Crippen LogP contribution < -0.4 is 0 Å². The fraction of sp³-hybridized carbons (Fsp3) is 0.625. The maximum Gasteiger partial charge on any atom is 0.0226 e. The Hall–Kier alpha value is -0.590. The second-order valence-electron chi connectivity index (χ2n) is 2.57. The third kappa shape index (κ3) is 1.41. The number of hydrogen-bond donors (Lipinski definition) is 0. The average Bonchev–Trinajstić information content (AvgIpc) is 1.89. The van der Waals surface area contributed by atoms with E-state index in [4.69, 9.17) is 0 Å². The van der Waals surface area contributed by atoms with Gasteiger partial charge in [-0.2, -0.15) is 0 Å². The maximum atomic E-state index is 4.07. The van der Waals surface area contributed by atoms with Crippen molar-refractivity contribution in [2.45, 2.75) is 20.3 Å². The van der Waals surface area contributed by atoms with E-state index >= 15 is 0 Å². The van der Waals surface area contributed by atoms with Crippen LogP contribution in [0, 0.1) is 11.8 Å². The van der Waals surface area contributed by atoms with Crippen molar-refractivity contribution in [3.63, 3.8) is 0 Å². The predicted octanol–water partition coefficient (Wildman–Crippen LogP) is 2.25. The van der Waals surface area contributed by atoms with Crippen molar-refractivity contribution in [1.82, 2.24) is 0 Å². The summed E-state index contributed by atoms with van der Waals surface area (Å²) >= 11 is 0. The van der Waals surface area contributed by atoms with E-state index in [9.17, 15) is 0 Å². The van der Waals surface area contributed by atoms with Crippen LogP contribution in [0.4, 0.5) is 0 Å². The molecule has 0 bridgehead atoms. The summed E-state index contributed by atoms with van der Waals surface area (Å²) in [7, 11) is 0. The first-order chi connectivity index (χ1) is 4.34. The Morgan fingerprint density at radius 2 is 2.33 bits per heavy atom. The molecular weight excluding hydrogens is 110 g/mol. The molecule has 0 aliphatic carbocycles. The first-order valence-electron chi connectivity index (χ1n) is 3.54. The van der Waals surface area contributed by atoms with E-state index in [0.717, 1.165) is 0 Å². The van der Waals surface area contributed by atoms with Crippen molar-refractivity contribution >= 4 is 6.21 Å². The van der Waals surface area contributed by atoms with E-state index in [0.29, 0.717) is 11.8 Å². The van der Waals surface area contributed by atoms with E-state index in [2.05, 4.69) is 24.9 Å². The summed E-state index contributed by atoms with van der Waals surface area (Å²) in [4.78, 5) is 4.07. The SMILES string of the molecule is CCC1C=NC=CC1C. The summed E-state index contributed by atoms with van der Waals surface area (Å²) < 4.78 is 0. The number of allylic oxidation sites excluding steroid dienone is 1. The Labute approximate surface area is 56.5 Å². The number of nitrogens with zero attached hydrogens (tertiary/aromatic N) is 1. The molecular formula is C8H13N. The summed E-state index contributed by atoms with van der Waals surface area (Å²) in [6, 6.07) is 0. The van der Waals surface area contributed by atoms with Crippen LogP contribution in [0.25, 0.3) is 0 Å². The van der Waals surface area contributed by atoms with Gasteiger partial charge in [-0.25, -0.2) is 0 Å². The van der Waals surface area contributed by atoms with Crippen LogP contribution in [0.5, 0.6) is 0 Å². The van der Waals surface area contributed by atoms with Crippen LogP contribution in [0.15, 0.2) is 17.3 Å². The highest BCUT2D eigenvalue weighted by molar-refractivity contribution is 5.63. The molecule has 0 aromatic rings. The van der Waals surface area contributed by atoms with Crippen molar-refractivity contribution in [1.29, 1.82) is 0 Å². The normalized spacial score (nSPS) is 33.1. The van der Waals surface area contributed by atoms with Crippen molar-refractivity contribution in [2.75, 3.05) is 0 Å². The maximum absolute atomic E-state index is 4.07. The zero-order valence-corrected chi connectivity index (χ0v) is 6.04. The van der Waals surface area contributed by atoms with Crippen LogP contribution in [0.3, 0.4) is 0 Å². The van der Waals surface area contributed by atoms with Gasteiger partial charge in [-0.05, 0) is 12.3 Å². The molecule has 1 heterocycles. The van der Waals surface area contributed by atoms with E-state index in [-0.39, 0.29) is 0 Å². The molecule has 0 aromatic carbocycles. The predicted molar refractivity (Wildman–Crippen MR) is 40.6 cm³/mol. The first kappa shape index (κ1) is 6.53. The molecule has 50 valence electrons. The molecule has 0 saturated carbocycles. The van der Waals surface area contributed by atoms with Crippen LogP contribution in [0.2, 0.25) is 0 Å². The smallest absolute Gasteiger partial charge is 0.0226 e. The molecule has 1 heteroatoms. The largest absolute Gasteiger partial charge is 0.269 e. The molecule has 1 aliphatic rings. The second kappa shape index (κ2) is 2.81. The van der Waals surface area contributed by atoms with Crippen LogP contribution in [-0.2, 0) is 0 Å². The quantitative estimate of drug-likeness (QED) is 0.507. The summed E-state index contributed by atoms with van der Waals surface area (Å²) in [6.45, 7) is 4.43. The summed E-state index contributed by atoms with van der Waals surface area (Å²) in [5, 5.41) is 0. The van der Waals surface area contributed by atoms with E-state index in [1.165, 1.54) is 6.42 Å². The van der Waals surface area contributed by atoms with Gasteiger partial charge in [0.2, 0.25) is 0 Å². The lowest BCUT2D eigenvalue weighted by molar-refractivity contribution is 0.530. The zero-order valence-electron chi connectivity index (χ0n) is 6.04. The second-order valence-corrected chi connectivity index (χ2v) is 2.57. The van der Waals surface area contributed by atoms with Gasteiger partial charge >= 0.3 is 0 Å². The van der Waals surface area contributed by atoms with E-state index < -0.39 is 0 Å². The van der Waals surface area contributed by atoms with Gasteiger partial charge in [0.1, 0.15) is 0 Å². The molecule has 1 nitrogen and oxygen atoms in total. The van der Waals surface area contributed by atoms with Crippen molar-refractivity contribution < 1.29 is 0 Å². The highest BCUT2D eigenvalue weighted by Crippen LogP contribution is 2.17. The average molecular weight is 123 g/mol. The Bertz CT molecular complexity index is 136. The molecule has 2 atom stereocenters. The fourth-order valence-corrected chi connectivity index (χ4v) is 1.10. The lowest BCUT2D eigenvalue weighted by atomic mass is 9.92. The number of aliphatic imine (C=N–C) groups is 1. The standard InChI is InChI=1S/C8H13N/c1-3-8-6-9-5-4-7(8)2/h4-8H,3H2,1-2H3. The summed E-state index contributed by atoms with van der Waals surface area (Å²) in [5.74, 6) is 1.36. The van der Waals surface area contributed by atoms with Gasteiger partial charge in [0.15, 0.2) is 0 Å². The van der Waals surface area contributed by atoms with Gasteiger partial charge in [0.25, 0.3) is 0 Å². The van der Waals surface area contributed by atoms with Gasteiger partial charge in [-0.3, -0.25) is 4.99 Å². The zero-order chi connectivity index (χ0) is 6.69. The fourth-order valence-electron chi connectivity index (χ4n) is 1.10. The minimum atomic E-state index is 0.676. The molecule has 0 amide bonds. The molecule has 0 fully saturated rings. The third-order valence-electron chi connectivity index (χ3n) is 1.90. The summed E-state index contributed by atoms with van der Waals surface area (Å²) in [5.41, 5.74) is 0. The van der Waals surface area contributed by atoms with Gasteiger partial charge in [0, 0.05) is 18.3 Å². The van der Waals surface area contributed by atoms with Crippen LogP contribution in [0.1, 0.15) is 20.3 Å². The monoisotopic (exact) mass is 123 g/mol. The number of hydrogen-bond acceptors (Lipinski definition) is 1. The molecule has 0 spiro atoms. The van der Waals surface area contributed by atoms with Crippen LogP contribution >= 0.6 is 0 Å². The minimum Gasteiger partial charge on any atom is -0.269 e. The van der Waals surface area contributed by atoms with Crippen LogP contribution in [-0.4, -0.2) is 6.21 Å². The summed E-state index contributed by atoms with van der Waals surface area (Å²) in [6.07, 6.45) is 7.30. The lowest BCUT2D eigenvalue weighted by Gasteiger charge is -2.16. The third-order valence-corrected chi connectivity index (χ3v) is 1.90. The molecule has 0 saturated heterocycles. The van der Waals surface area contributed by atoms with Gasteiger partial charge < -0.3 is 0 Å². The van der Waals surface area contributed by atoms with Gasteiger partial charge in [-0.15, -0.1) is 0 Å². The van der Waals surface area contributed by atoms with Crippen molar-refractivity contribution in [3.8, 4) is 0 Å². The number of rotatable bonds is 1. The molecule has 0 radical (unpaired) electrons. The van der Waals surface area contributed by atoms with Crippen molar-refractivity contribution in [3.05, 3.63) is 12.3 Å². The first-order valence-corrected chi connectivity index (χ1v) is 3.54. The Morgan fingerprint density at radius 1 is 1.56 bits per heavy atom. The molecule has 0 aromatic heterocycles. The Morgan fingerprint density at radius 3 is 2.78 bits per heavy atom. The van der Waals surface area contributed by atoms with Gasteiger partial charge in [0.05, 0.1) is 0 Å². The van der Waals surface area contributed by atoms with Gasteiger partial charge in [-0.1, -0.05) is 19.9 Å².